The first-order valence-corrected chi connectivity index (χ1v) is 5.92. The van der Waals surface area contributed by atoms with Crippen molar-refractivity contribution in [3.8, 4) is 0 Å². The molecule has 1 N–H and O–H groups in total. The summed E-state index contributed by atoms with van der Waals surface area (Å²) >= 11 is 5.82. The highest BCUT2D eigenvalue weighted by atomic mass is 35.5. The zero-order chi connectivity index (χ0) is 12.4. The molecule has 4 heteroatoms. The number of halogens is 1. The monoisotopic (exact) mass is 255 g/mol. The highest BCUT2D eigenvalue weighted by Crippen LogP contribution is 2.21. The van der Waals surface area contributed by atoms with Gasteiger partial charge in [0.05, 0.1) is 0 Å². The third-order valence-electron chi connectivity index (χ3n) is 2.66. The van der Waals surface area contributed by atoms with E-state index >= 15 is 0 Å². The van der Waals surface area contributed by atoms with E-state index in [1.807, 2.05) is 18.2 Å². The van der Waals surface area contributed by atoms with Gasteiger partial charge in [-0.15, -0.1) is 0 Å². The fourth-order valence-electron chi connectivity index (χ4n) is 1.82. The molecule has 3 aromatic rings. The maximum Gasteiger partial charge on any atom is 0.135 e. The minimum atomic E-state index is 0.424. The van der Waals surface area contributed by atoms with E-state index in [2.05, 4.69) is 39.6 Å². The highest BCUT2D eigenvalue weighted by molar-refractivity contribution is 6.29. The maximum atomic E-state index is 5.82. The van der Waals surface area contributed by atoms with Crippen molar-refractivity contribution in [1.29, 1.82) is 0 Å². The van der Waals surface area contributed by atoms with E-state index in [1.165, 1.54) is 17.1 Å². The summed E-state index contributed by atoms with van der Waals surface area (Å²) in [7, 11) is 0. The van der Waals surface area contributed by atoms with Crippen LogP contribution in [0.2, 0.25) is 5.15 Å². The zero-order valence-electron chi connectivity index (χ0n) is 9.47. The molecule has 0 aliphatic carbocycles. The molecule has 0 aliphatic heterocycles. The predicted molar refractivity (Wildman–Crippen MR) is 74.3 cm³/mol. The van der Waals surface area contributed by atoms with E-state index < -0.39 is 0 Å². The Hall–Kier alpha value is -2.13. The Balaban J connectivity index is 1.95. The van der Waals surface area contributed by atoms with Crippen LogP contribution in [0.15, 0.2) is 54.9 Å². The first-order valence-electron chi connectivity index (χ1n) is 5.55. The number of rotatable bonds is 2. The number of anilines is 2. The first-order chi connectivity index (χ1) is 8.81. The summed E-state index contributed by atoms with van der Waals surface area (Å²) in [5.74, 6) is 0.685. The van der Waals surface area contributed by atoms with Crippen LogP contribution in [0.5, 0.6) is 0 Å². The lowest BCUT2D eigenvalue weighted by Gasteiger charge is -2.06. The van der Waals surface area contributed by atoms with Crippen molar-refractivity contribution in [3.05, 3.63) is 60.0 Å². The van der Waals surface area contributed by atoms with E-state index in [0.29, 0.717) is 11.0 Å². The van der Waals surface area contributed by atoms with Gasteiger partial charge in [0.25, 0.3) is 0 Å². The lowest BCUT2D eigenvalue weighted by Crippen LogP contribution is -1.93. The van der Waals surface area contributed by atoms with E-state index in [1.54, 1.807) is 6.07 Å². The molecule has 0 fully saturated rings. The molecule has 0 radical (unpaired) electrons. The van der Waals surface area contributed by atoms with Crippen molar-refractivity contribution in [1.82, 2.24) is 9.97 Å². The molecule has 3 rings (SSSR count). The van der Waals surface area contributed by atoms with Gasteiger partial charge < -0.3 is 5.32 Å². The molecule has 88 valence electrons. The fourth-order valence-corrected chi connectivity index (χ4v) is 1.96. The van der Waals surface area contributed by atoms with Crippen LogP contribution in [0.3, 0.4) is 0 Å². The van der Waals surface area contributed by atoms with Crippen molar-refractivity contribution < 1.29 is 0 Å². The molecule has 0 atom stereocenters. The summed E-state index contributed by atoms with van der Waals surface area (Å²) in [6, 6.07) is 16.1. The van der Waals surface area contributed by atoms with Crippen molar-refractivity contribution in [3.63, 3.8) is 0 Å². The van der Waals surface area contributed by atoms with Crippen LogP contribution in [0, 0.1) is 0 Å². The molecule has 0 bridgehead atoms. The quantitative estimate of drug-likeness (QED) is 0.703. The van der Waals surface area contributed by atoms with Gasteiger partial charge >= 0.3 is 0 Å². The number of nitrogens with one attached hydrogen (secondary N) is 1. The van der Waals surface area contributed by atoms with Gasteiger partial charge in [0.2, 0.25) is 0 Å². The Morgan fingerprint density at radius 3 is 2.56 bits per heavy atom. The van der Waals surface area contributed by atoms with Crippen LogP contribution in [-0.4, -0.2) is 9.97 Å². The number of hydrogen-bond donors (Lipinski definition) is 1. The number of benzene rings is 2. The zero-order valence-corrected chi connectivity index (χ0v) is 10.2. The van der Waals surface area contributed by atoms with E-state index in [0.717, 1.165) is 5.69 Å². The molecular formula is C14H10ClN3. The van der Waals surface area contributed by atoms with E-state index in [-0.39, 0.29) is 0 Å². The summed E-state index contributed by atoms with van der Waals surface area (Å²) in [4.78, 5) is 7.95. The Labute approximate surface area is 109 Å². The fraction of sp³-hybridized carbons (Fsp3) is 0. The van der Waals surface area contributed by atoms with Gasteiger partial charge in [-0.1, -0.05) is 41.9 Å². The smallest absolute Gasteiger partial charge is 0.135 e. The molecule has 2 aromatic carbocycles. The molecule has 0 spiro atoms. The van der Waals surface area contributed by atoms with Crippen molar-refractivity contribution in [2.24, 2.45) is 0 Å². The summed E-state index contributed by atoms with van der Waals surface area (Å²) in [5.41, 5.74) is 0.975. The van der Waals surface area contributed by atoms with Gasteiger partial charge in [-0.2, -0.15) is 0 Å². The summed E-state index contributed by atoms with van der Waals surface area (Å²) in [5, 5.41) is 6.02. The minimum absolute atomic E-state index is 0.424. The van der Waals surface area contributed by atoms with Gasteiger partial charge in [0, 0.05) is 11.8 Å². The predicted octanol–water partition coefficient (Wildman–Crippen LogP) is 4.03. The van der Waals surface area contributed by atoms with Crippen molar-refractivity contribution in [2.45, 2.75) is 0 Å². The molecule has 1 aromatic heterocycles. The average molecular weight is 256 g/mol. The second-order valence-corrected chi connectivity index (χ2v) is 4.30. The molecule has 3 nitrogen and oxygen atoms in total. The highest BCUT2D eigenvalue weighted by Gasteiger charge is 1.99. The topological polar surface area (TPSA) is 37.8 Å². The van der Waals surface area contributed by atoms with Gasteiger partial charge in [-0.25, -0.2) is 9.97 Å². The molecule has 0 aliphatic rings. The second-order valence-electron chi connectivity index (χ2n) is 3.91. The minimum Gasteiger partial charge on any atom is -0.340 e. The standard InChI is InChI=1S/C14H10ClN3/c15-13-8-14(17-9-16-13)18-12-6-5-10-3-1-2-4-11(10)7-12/h1-9H,(H,16,17,18). The Kier molecular flexibility index (Phi) is 2.82. The number of hydrogen-bond acceptors (Lipinski definition) is 3. The average Bonchev–Trinajstić information content (AvgIpc) is 2.39. The lowest BCUT2D eigenvalue weighted by molar-refractivity contribution is 1.17. The van der Waals surface area contributed by atoms with Crippen LogP contribution < -0.4 is 5.32 Å². The second kappa shape index (κ2) is 4.63. The van der Waals surface area contributed by atoms with Gasteiger partial charge in [-0.05, 0) is 22.9 Å². The maximum absolute atomic E-state index is 5.82. The third-order valence-corrected chi connectivity index (χ3v) is 2.86. The Morgan fingerprint density at radius 1 is 0.889 bits per heavy atom. The van der Waals surface area contributed by atoms with E-state index in [4.69, 9.17) is 11.6 Å². The largest absolute Gasteiger partial charge is 0.340 e. The summed E-state index contributed by atoms with van der Waals surface area (Å²) in [6.45, 7) is 0. The molecule has 0 saturated carbocycles. The summed E-state index contributed by atoms with van der Waals surface area (Å²) < 4.78 is 0. The third kappa shape index (κ3) is 2.26. The molecular weight excluding hydrogens is 246 g/mol. The molecule has 18 heavy (non-hydrogen) atoms. The molecule has 0 unspecified atom stereocenters. The first kappa shape index (κ1) is 11.0. The molecule has 0 amide bonds. The van der Waals surface area contributed by atoms with Crippen LogP contribution in [0.1, 0.15) is 0 Å². The number of aromatic nitrogens is 2. The van der Waals surface area contributed by atoms with Gasteiger partial charge in [-0.3, -0.25) is 0 Å². The molecule has 0 saturated heterocycles. The Morgan fingerprint density at radius 2 is 1.72 bits per heavy atom. The van der Waals surface area contributed by atoms with Crippen LogP contribution in [0.25, 0.3) is 10.8 Å². The van der Waals surface area contributed by atoms with Crippen LogP contribution >= 0.6 is 11.6 Å². The van der Waals surface area contributed by atoms with Gasteiger partial charge in [0.1, 0.15) is 17.3 Å². The van der Waals surface area contributed by atoms with Gasteiger partial charge in [0.15, 0.2) is 0 Å². The lowest BCUT2D eigenvalue weighted by atomic mass is 10.1. The number of nitrogens with zero attached hydrogens (tertiary/aromatic N) is 2. The van der Waals surface area contributed by atoms with Crippen molar-refractivity contribution >= 4 is 33.9 Å². The number of fused-ring (bicyclic) bond motifs is 1. The SMILES string of the molecule is Clc1cc(Nc2ccc3ccccc3c2)ncn1. The van der Waals surface area contributed by atoms with Crippen LogP contribution in [0.4, 0.5) is 11.5 Å². The van der Waals surface area contributed by atoms with Crippen molar-refractivity contribution in [2.75, 3.05) is 5.32 Å². The normalized spacial score (nSPS) is 10.5. The molecule has 1 heterocycles. The van der Waals surface area contributed by atoms with Crippen LogP contribution in [-0.2, 0) is 0 Å². The summed E-state index contributed by atoms with van der Waals surface area (Å²) in [6.07, 6.45) is 1.44. The van der Waals surface area contributed by atoms with E-state index in [9.17, 15) is 0 Å². The Bertz CT molecular complexity index is 697.